The Morgan fingerprint density at radius 1 is 1.24 bits per heavy atom. The minimum atomic E-state index is -3.09. The van der Waals surface area contributed by atoms with Gasteiger partial charge < -0.3 is 10.1 Å². The topological polar surface area (TPSA) is 145 Å². The van der Waals surface area contributed by atoms with Gasteiger partial charge in [0.05, 0.1) is 23.7 Å². The molecule has 2 fully saturated rings. The number of anilines is 1. The predicted octanol–water partition coefficient (Wildman–Crippen LogP) is 2.00. The van der Waals surface area contributed by atoms with Crippen molar-refractivity contribution in [3.05, 3.63) is 29.6 Å². The first-order chi connectivity index (χ1) is 16.0. The minimum Gasteiger partial charge on any atom is -0.441 e. The lowest BCUT2D eigenvalue weighted by Crippen LogP contribution is -2.49. The molecule has 0 radical (unpaired) electrons. The summed E-state index contributed by atoms with van der Waals surface area (Å²) in [4.78, 5) is 57.0. The van der Waals surface area contributed by atoms with Crippen molar-refractivity contribution < 1.29 is 46.5 Å². The Labute approximate surface area is 195 Å². The quantitative estimate of drug-likeness (QED) is 0.458. The summed E-state index contributed by atoms with van der Waals surface area (Å²) in [5.74, 6) is -2.17. The highest BCUT2D eigenvalue weighted by atomic mass is 32.2. The number of amides is 2. The maximum absolute atomic E-state index is 14.8. The molecule has 0 aromatic heterocycles. The first-order valence-electron chi connectivity index (χ1n) is 10.7. The van der Waals surface area contributed by atoms with Crippen LogP contribution in [-0.2, 0) is 33.9 Å². The summed E-state index contributed by atoms with van der Waals surface area (Å²) in [6.45, 7) is 2.49. The molecule has 1 unspecified atom stereocenters. The van der Waals surface area contributed by atoms with Gasteiger partial charge in [0.25, 0.3) is 0 Å². The normalized spacial score (nSPS) is 20.9. The van der Waals surface area contributed by atoms with Crippen molar-refractivity contribution in [3.8, 4) is 0 Å². The molecule has 3 rings (SSSR count). The molecule has 0 saturated carbocycles. The van der Waals surface area contributed by atoms with Crippen LogP contribution in [0.3, 0.4) is 0 Å². The van der Waals surface area contributed by atoms with Crippen LogP contribution >= 0.6 is 0 Å². The van der Waals surface area contributed by atoms with Gasteiger partial charge in [-0.2, -0.15) is 0 Å². The summed E-state index contributed by atoms with van der Waals surface area (Å²) in [7, 11) is -3.09. The SMILES string of the molecule is CCC(=O)OOC(=O)NC(C(C)=O)[C@H]1CN(c2ccc(C3CCS(=O)(=O)CC3)c(F)c2)C(=O)O1. The molecule has 2 aliphatic heterocycles. The fourth-order valence-electron chi connectivity index (χ4n) is 3.84. The van der Waals surface area contributed by atoms with E-state index >= 15 is 0 Å². The van der Waals surface area contributed by atoms with Crippen LogP contribution in [0.15, 0.2) is 18.2 Å². The van der Waals surface area contributed by atoms with Crippen molar-refractivity contribution >= 4 is 39.5 Å². The zero-order chi connectivity index (χ0) is 25.0. The van der Waals surface area contributed by atoms with E-state index in [-0.39, 0.29) is 36.1 Å². The number of nitrogens with one attached hydrogen (secondary N) is 1. The maximum Gasteiger partial charge on any atom is 0.451 e. The monoisotopic (exact) mass is 500 g/mol. The number of hydrogen-bond acceptors (Lipinski definition) is 9. The molecule has 0 aliphatic carbocycles. The average molecular weight is 501 g/mol. The lowest BCUT2D eigenvalue weighted by Gasteiger charge is -2.23. The van der Waals surface area contributed by atoms with E-state index in [1.165, 1.54) is 26.0 Å². The van der Waals surface area contributed by atoms with E-state index in [1.54, 1.807) is 0 Å². The highest BCUT2D eigenvalue weighted by Gasteiger charge is 2.41. The second kappa shape index (κ2) is 10.4. The molecule has 1 aromatic carbocycles. The van der Waals surface area contributed by atoms with E-state index < -0.39 is 51.7 Å². The zero-order valence-corrected chi connectivity index (χ0v) is 19.4. The summed E-state index contributed by atoms with van der Waals surface area (Å²) in [6.07, 6.45) is -2.57. The van der Waals surface area contributed by atoms with E-state index in [9.17, 15) is 32.0 Å². The predicted molar refractivity (Wildman–Crippen MR) is 115 cm³/mol. The van der Waals surface area contributed by atoms with Gasteiger partial charge in [0.15, 0.2) is 5.78 Å². The van der Waals surface area contributed by atoms with Gasteiger partial charge in [-0.3, -0.25) is 9.69 Å². The number of ketones is 1. The molecular formula is C21H25FN2O9S. The molecule has 2 heterocycles. The molecule has 1 N–H and O–H groups in total. The van der Waals surface area contributed by atoms with Crippen molar-refractivity contribution in [2.45, 2.75) is 51.2 Å². The summed E-state index contributed by atoms with van der Waals surface area (Å²) < 4.78 is 43.3. The number of Topliss-reactive ketones (excluding diaryl/α,β-unsaturated/α-hetero) is 1. The Hall–Kier alpha value is -3.22. The van der Waals surface area contributed by atoms with Crippen molar-refractivity contribution in [2.24, 2.45) is 0 Å². The average Bonchev–Trinajstić information content (AvgIpc) is 3.17. The molecule has 0 bridgehead atoms. The summed E-state index contributed by atoms with van der Waals surface area (Å²) >= 11 is 0. The first-order valence-corrected chi connectivity index (χ1v) is 12.5. The molecule has 2 amide bonds. The van der Waals surface area contributed by atoms with Crippen molar-refractivity contribution in [3.63, 3.8) is 0 Å². The molecule has 0 spiro atoms. The van der Waals surface area contributed by atoms with Crippen LogP contribution in [0.4, 0.5) is 19.7 Å². The minimum absolute atomic E-state index is 0.00149. The Morgan fingerprint density at radius 3 is 2.50 bits per heavy atom. The number of benzene rings is 1. The third kappa shape index (κ3) is 6.01. The third-order valence-electron chi connectivity index (χ3n) is 5.71. The Morgan fingerprint density at radius 2 is 1.91 bits per heavy atom. The summed E-state index contributed by atoms with van der Waals surface area (Å²) in [5.41, 5.74) is 0.550. The molecule has 11 nitrogen and oxygen atoms in total. The second-order valence-corrected chi connectivity index (χ2v) is 10.4. The van der Waals surface area contributed by atoms with Gasteiger partial charge in [-0.05, 0) is 43.4 Å². The van der Waals surface area contributed by atoms with E-state index in [0.29, 0.717) is 18.4 Å². The lowest BCUT2D eigenvalue weighted by molar-refractivity contribution is -0.232. The van der Waals surface area contributed by atoms with Crippen LogP contribution in [0, 0.1) is 5.82 Å². The zero-order valence-electron chi connectivity index (χ0n) is 18.6. The maximum atomic E-state index is 14.8. The van der Waals surface area contributed by atoms with Crippen molar-refractivity contribution in [1.29, 1.82) is 0 Å². The van der Waals surface area contributed by atoms with Gasteiger partial charge in [0.1, 0.15) is 27.8 Å². The second-order valence-electron chi connectivity index (χ2n) is 8.08. The van der Waals surface area contributed by atoms with Gasteiger partial charge in [-0.1, -0.05) is 13.0 Å². The van der Waals surface area contributed by atoms with Crippen molar-refractivity contribution in [1.82, 2.24) is 5.32 Å². The number of nitrogens with zero attached hydrogens (tertiary/aromatic N) is 1. The number of hydrogen-bond donors (Lipinski definition) is 1. The van der Waals surface area contributed by atoms with Crippen LogP contribution in [0.5, 0.6) is 0 Å². The number of carbonyl (C=O) groups is 4. The van der Waals surface area contributed by atoms with Crippen molar-refractivity contribution in [2.75, 3.05) is 23.0 Å². The molecule has 2 aliphatic rings. The number of carbonyl (C=O) groups excluding carboxylic acids is 4. The van der Waals surface area contributed by atoms with Gasteiger partial charge in [-0.15, -0.1) is 0 Å². The van der Waals surface area contributed by atoms with Gasteiger partial charge in [0.2, 0.25) is 0 Å². The standard InChI is InChI=1S/C21H25FN2O9S/c1-3-18(26)32-33-20(27)23-19(12(2)25)17-11-24(21(28)31-17)14-4-5-15(16(22)10-14)13-6-8-34(29,30)9-7-13/h4-5,10,13,17,19H,3,6-9,11H2,1-2H3,(H,23,27)/t17-,19?/m1/s1. The largest absolute Gasteiger partial charge is 0.451 e. The molecule has 2 saturated heterocycles. The van der Waals surface area contributed by atoms with E-state index in [2.05, 4.69) is 15.1 Å². The molecule has 13 heteroatoms. The number of ether oxygens (including phenoxy) is 1. The molecule has 1 aromatic rings. The first kappa shape index (κ1) is 25.4. The fourth-order valence-corrected chi connectivity index (χ4v) is 5.33. The highest BCUT2D eigenvalue weighted by molar-refractivity contribution is 7.91. The van der Waals surface area contributed by atoms with Crippen LogP contribution in [0.2, 0.25) is 0 Å². The van der Waals surface area contributed by atoms with Crippen LogP contribution in [-0.4, -0.2) is 62.6 Å². The Kier molecular flexibility index (Phi) is 7.75. The van der Waals surface area contributed by atoms with Crippen LogP contribution in [0.25, 0.3) is 0 Å². The fraction of sp³-hybridized carbons (Fsp3) is 0.524. The van der Waals surface area contributed by atoms with Gasteiger partial charge in [0, 0.05) is 6.42 Å². The van der Waals surface area contributed by atoms with E-state index in [0.717, 1.165) is 11.0 Å². The number of halogens is 1. The van der Waals surface area contributed by atoms with Crippen LogP contribution < -0.4 is 10.2 Å². The summed E-state index contributed by atoms with van der Waals surface area (Å²) in [5, 5.41) is 2.19. The van der Waals surface area contributed by atoms with Crippen LogP contribution in [0.1, 0.15) is 44.6 Å². The van der Waals surface area contributed by atoms with Gasteiger partial charge in [-0.25, -0.2) is 37.0 Å². The highest BCUT2D eigenvalue weighted by Crippen LogP contribution is 2.33. The van der Waals surface area contributed by atoms with Gasteiger partial charge >= 0.3 is 18.2 Å². The van der Waals surface area contributed by atoms with E-state index in [4.69, 9.17) is 4.74 Å². The van der Waals surface area contributed by atoms with E-state index in [1.807, 2.05) is 0 Å². The Bertz CT molecular complexity index is 1080. The molecule has 186 valence electrons. The molecular weight excluding hydrogens is 475 g/mol. The lowest BCUT2D eigenvalue weighted by atomic mass is 9.93. The Balaban J connectivity index is 1.68. The molecule has 34 heavy (non-hydrogen) atoms. The summed E-state index contributed by atoms with van der Waals surface area (Å²) in [6, 6.07) is 2.88. The number of rotatable bonds is 6. The third-order valence-corrected chi connectivity index (χ3v) is 7.42. The molecule has 2 atom stereocenters. The number of sulfone groups is 1. The number of cyclic esters (lactones) is 1. The smallest absolute Gasteiger partial charge is 0.441 e.